The molecule has 1 N–H and O–H groups in total. The van der Waals surface area contributed by atoms with Crippen LogP contribution in [0.3, 0.4) is 0 Å². The zero-order valence-corrected chi connectivity index (χ0v) is 19.2. The van der Waals surface area contributed by atoms with Crippen LogP contribution in [0.25, 0.3) is 11.4 Å². The van der Waals surface area contributed by atoms with Gasteiger partial charge in [-0.3, -0.25) is 9.36 Å². The van der Waals surface area contributed by atoms with Crippen LogP contribution in [-0.4, -0.2) is 33.0 Å². The quantitative estimate of drug-likeness (QED) is 0.361. The average molecular weight is 467 g/mol. The molecule has 170 valence electrons. The summed E-state index contributed by atoms with van der Waals surface area (Å²) in [7, 11) is 1.61. The molecule has 4 rings (SSSR count). The summed E-state index contributed by atoms with van der Waals surface area (Å²) in [5, 5.41) is 11.5. The number of anilines is 1. The largest absolute Gasteiger partial charge is 0.497 e. The van der Waals surface area contributed by atoms with Gasteiger partial charge in [0.2, 0.25) is 5.91 Å². The van der Waals surface area contributed by atoms with E-state index in [4.69, 9.17) is 9.15 Å². The van der Waals surface area contributed by atoms with Gasteiger partial charge in [0.15, 0.2) is 11.0 Å². The van der Waals surface area contributed by atoms with Crippen LogP contribution in [0.4, 0.5) is 10.1 Å². The number of methoxy groups -OCH3 is 1. The van der Waals surface area contributed by atoms with Crippen LogP contribution < -0.4 is 10.1 Å². The lowest BCUT2D eigenvalue weighted by molar-refractivity contribution is -0.115. The molecule has 7 nitrogen and oxygen atoms in total. The molecule has 0 spiro atoms. The Morgan fingerprint density at radius 1 is 1.21 bits per heavy atom. The Labute approximate surface area is 195 Å². The summed E-state index contributed by atoms with van der Waals surface area (Å²) < 4.78 is 26.6. The second kappa shape index (κ2) is 9.91. The highest BCUT2D eigenvalue weighted by Crippen LogP contribution is 2.30. The number of aromatic nitrogens is 3. The van der Waals surface area contributed by atoms with Crippen LogP contribution in [0.5, 0.6) is 5.75 Å². The van der Waals surface area contributed by atoms with Gasteiger partial charge in [-0.25, -0.2) is 4.39 Å². The molecule has 33 heavy (non-hydrogen) atoms. The Kier molecular flexibility index (Phi) is 6.79. The number of carbonyl (C=O) groups excluding carboxylic acids is 1. The van der Waals surface area contributed by atoms with Crippen LogP contribution in [-0.2, 0) is 11.3 Å². The van der Waals surface area contributed by atoms with Crippen molar-refractivity contribution in [1.82, 2.24) is 14.8 Å². The third-order valence-electron chi connectivity index (χ3n) is 5.03. The first-order valence-electron chi connectivity index (χ1n) is 10.3. The topological polar surface area (TPSA) is 82.2 Å². The first-order chi connectivity index (χ1) is 15.9. The van der Waals surface area contributed by atoms with Crippen molar-refractivity contribution in [1.29, 1.82) is 0 Å². The standard InChI is InChI=1S/C24H23FN4O3S/c1-15-9-10-18(13-21(15)25)26-23(30)16(2)33-24-28-27-22(17-6-4-7-19(12-17)31-3)29(24)14-20-8-5-11-32-20/h4-13,16H,14H2,1-3H3,(H,26,30). The maximum absolute atomic E-state index is 13.8. The van der Waals surface area contributed by atoms with Crippen molar-refractivity contribution in [2.24, 2.45) is 0 Å². The monoisotopic (exact) mass is 466 g/mol. The van der Waals surface area contributed by atoms with Gasteiger partial charge in [-0.15, -0.1) is 10.2 Å². The molecular weight excluding hydrogens is 443 g/mol. The second-order valence-electron chi connectivity index (χ2n) is 7.42. The van der Waals surface area contributed by atoms with Gasteiger partial charge in [-0.05, 0) is 55.8 Å². The highest BCUT2D eigenvalue weighted by molar-refractivity contribution is 8.00. The molecule has 0 fully saturated rings. The molecule has 1 amide bonds. The second-order valence-corrected chi connectivity index (χ2v) is 8.72. The maximum atomic E-state index is 13.8. The number of amides is 1. The van der Waals surface area contributed by atoms with Crippen LogP contribution in [0.1, 0.15) is 18.2 Å². The van der Waals surface area contributed by atoms with E-state index in [2.05, 4.69) is 15.5 Å². The van der Waals surface area contributed by atoms with Crippen molar-refractivity contribution in [2.75, 3.05) is 12.4 Å². The van der Waals surface area contributed by atoms with E-state index in [1.165, 1.54) is 17.8 Å². The van der Waals surface area contributed by atoms with E-state index in [0.29, 0.717) is 34.5 Å². The Morgan fingerprint density at radius 2 is 2.06 bits per heavy atom. The number of hydrogen-bond acceptors (Lipinski definition) is 6. The highest BCUT2D eigenvalue weighted by Gasteiger charge is 2.22. The predicted molar refractivity (Wildman–Crippen MR) is 125 cm³/mol. The Balaban J connectivity index is 1.58. The normalized spacial score (nSPS) is 11.9. The molecule has 9 heteroatoms. The number of halogens is 1. The van der Waals surface area contributed by atoms with E-state index in [-0.39, 0.29) is 11.7 Å². The summed E-state index contributed by atoms with van der Waals surface area (Å²) in [5.74, 6) is 1.43. The van der Waals surface area contributed by atoms with E-state index in [9.17, 15) is 9.18 Å². The van der Waals surface area contributed by atoms with Gasteiger partial charge in [0.25, 0.3) is 0 Å². The zero-order valence-electron chi connectivity index (χ0n) is 18.4. The first kappa shape index (κ1) is 22.6. The fourth-order valence-corrected chi connectivity index (χ4v) is 4.03. The van der Waals surface area contributed by atoms with E-state index in [0.717, 1.165) is 11.3 Å². The van der Waals surface area contributed by atoms with Crippen molar-refractivity contribution >= 4 is 23.4 Å². The maximum Gasteiger partial charge on any atom is 0.237 e. The molecule has 2 aromatic heterocycles. The Hall–Kier alpha value is -3.59. The molecule has 0 radical (unpaired) electrons. The molecule has 0 aliphatic rings. The number of furan rings is 1. The average Bonchev–Trinajstić information content (AvgIpc) is 3.47. The van der Waals surface area contributed by atoms with E-state index in [1.807, 2.05) is 41.0 Å². The van der Waals surface area contributed by atoms with Gasteiger partial charge in [-0.2, -0.15) is 0 Å². The lowest BCUT2D eigenvalue weighted by Gasteiger charge is -2.14. The Bertz CT molecular complexity index is 1260. The van der Waals surface area contributed by atoms with E-state index < -0.39 is 5.25 Å². The number of carbonyl (C=O) groups is 1. The SMILES string of the molecule is COc1cccc(-c2nnc(SC(C)C(=O)Nc3ccc(C)c(F)c3)n2Cc2ccco2)c1. The highest BCUT2D eigenvalue weighted by atomic mass is 32.2. The van der Waals surface area contributed by atoms with Gasteiger partial charge < -0.3 is 14.5 Å². The van der Waals surface area contributed by atoms with Gasteiger partial charge in [0.1, 0.15) is 17.3 Å². The molecule has 0 bridgehead atoms. The summed E-state index contributed by atoms with van der Waals surface area (Å²) in [5.41, 5.74) is 1.75. The number of nitrogens with one attached hydrogen (secondary N) is 1. The molecule has 1 atom stereocenters. The number of thioether (sulfide) groups is 1. The molecule has 1 unspecified atom stereocenters. The number of nitrogens with zero attached hydrogens (tertiary/aromatic N) is 3. The van der Waals surface area contributed by atoms with Crippen LogP contribution >= 0.6 is 11.8 Å². The van der Waals surface area contributed by atoms with Gasteiger partial charge in [0.05, 0.1) is 25.2 Å². The lowest BCUT2D eigenvalue weighted by Crippen LogP contribution is -2.23. The molecular formula is C24H23FN4O3S. The third kappa shape index (κ3) is 5.25. The number of rotatable bonds is 8. The Morgan fingerprint density at radius 3 is 2.79 bits per heavy atom. The summed E-state index contributed by atoms with van der Waals surface area (Å²) in [6.45, 7) is 3.83. The van der Waals surface area contributed by atoms with Gasteiger partial charge >= 0.3 is 0 Å². The number of benzene rings is 2. The van der Waals surface area contributed by atoms with Crippen molar-refractivity contribution in [3.8, 4) is 17.1 Å². The van der Waals surface area contributed by atoms with Crippen molar-refractivity contribution in [3.63, 3.8) is 0 Å². The summed E-state index contributed by atoms with van der Waals surface area (Å²) in [6, 6.07) is 15.8. The molecule has 4 aromatic rings. The minimum atomic E-state index is -0.507. The van der Waals surface area contributed by atoms with Crippen LogP contribution in [0.2, 0.25) is 0 Å². The number of aryl methyl sites for hydroxylation is 1. The molecule has 0 saturated heterocycles. The van der Waals surface area contributed by atoms with Crippen LogP contribution in [0.15, 0.2) is 70.4 Å². The first-order valence-corrected chi connectivity index (χ1v) is 11.2. The minimum Gasteiger partial charge on any atom is -0.497 e. The molecule has 0 saturated carbocycles. The molecule has 2 aromatic carbocycles. The van der Waals surface area contributed by atoms with Crippen molar-refractivity contribution < 1.29 is 18.3 Å². The number of hydrogen-bond donors (Lipinski definition) is 1. The lowest BCUT2D eigenvalue weighted by atomic mass is 10.2. The molecule has 0 aliphatic carbocycles. The fourth-order valence-electron chi connectivity index (χ4n) is 3.18. The molecule has 0 aliphatic heterocycles. The number of ether oxygens (including phenoxy) is 1. The summed E-state index contributed by atoms with van der Waals surface area (Å²) in [6.07, 6.45) is 1.61. The van der Waals surface area contributed by atoms with Crippen molar-refractivity contribution in [2.45, 2.75) is 30.8 Å². The summed E-state index contributed by atoms with van der Waals surface area (Å²) >= 11 is 1.26. The van der Waals surface area contributed by atoms with E-state index >= 15 is 0 Å². The fraction of sp³-hybridized carbons (Fsp3) is 0.208. The minimum absolute atomic E-state index is 0.265. The molecule has 2 heterocycles. The smallest absolute Gasteiger partial charge is 0.237 e. The summed E-state index contributed by atoms with van der Waals surface area (Å²) in [4.78, 5) is 12.8. The third-order valence-corrected chi connectivity index (χ3v) is 6.11. The zero-order chi connectivity index (χ0) is 23.4. The van der Waals surface area contributed by atoms with Gasteiger partial charge in [0, 0.05) is 11.3 Å². The predicted octanol–water partition coefficient (Wildman–Crippen LogP) is 5.16. The van der Waals surface area contributed by atoms with Crippen LogP contribution in [0, 0.1) is 12.7 Å². The van der Waals surface area contributed by atoms with E-state index in [1.54, 1.807) is 39.4 Å². The van der Waals surface area contributed by atoms with Crippen molar-refractivity contribution in [3.05, 3.63) is 78.0 Å². The van der Waals surface area contributed by atoms with Gasteiger partial charge in [-0.1, -0.05) is 30.0 Å².